The van der Waals surface area contributed by atoms with Gasteiger partial charge in [-0.1, -0.05) is 94.1 Å². The minimum atomic E-state index is -1.71. The number of alkyl halides is 3. The maximum absolute atomic E-state index is 5.75. The van der Waals surface area contributed by atoms with Crippen LogP contribution in [0.5, 0.6) is 0 Å². The van der Waals surface area contributed by atoms with Crippen LogP contribution in [0.2, 0.25) is 0 Å². The third-order valence-electron chi connectivity index (χ3n) is 3.44. The Kier molecular flexibility index (Phi) is 4.62. The molecule has 0 bridgehead atoms. The van der Waals surface area contributed by atoms with Gasteiger partial charge in [-0.3, -0.25) is 0 Å². The Hall–Kier alpha value is -1.55. The third-order valence-corrected chi connectivity index (χ3v) is 3.92. The number of rotatable bonds is 3. The van der Waals surface area contributed by atoms with Gasteiger partial charge in [-0.25, -0.2) is 0 Å². The normalized spacial score (nSPS) is 11.7. The highest BCUT2D eigenvalue weighted by atomic mass is 35.6. The highest BCUT2D eigenvalue weighted by Gasteiger charge is 2.30. The highest BCUT2D eigenvalue weighted by molar-refractivity contribution is 6.66. The second-order valence-corrected chi connectivity index (χ2v) is 7.49. The van der Waals surface area contributed by atoms with E-state index in [1.54, 1.807) is 0 Å². The molecule has 2 aromatic carbocycles. The van der Waals surface area contributed by atoms with Crippen molar-refractivity contribution >= 4 is 34.8 Å². The van der Waals surface area contributed by atoms with Crippen molar-refractivity contribution in [3.8, 4) is 11.1 Å². The summed E-state index contributed by atoms with van der Waals surface area (Å²) in [5.41, 5.74) is 4.55. The molecule has 3 nitrogen and oxygen atoms in total. The molecule has 23 heavy (non-hydrogen) atoms. The van der Waals surface area contributed by atoms with Crippen molar-refractivity contribution in [2.45, 2.75) is 17.1 Å². The topological polar surface area (TPSA) is 38.9 Å². The number of hydrogen-bond donors (Lipinski definition) is 0. The monoisotopic (exact) mass is 366 g/mol. The first-order chi connectivity index (χ1) is 10.9. The standard InChI is InChI=1S/C17H13Cl3N2O/c1-11-6-8-12(9-7-11)14-5-3-2-4-13(14)10-15-21-16(23-22-15)17(18,19)20/h2-9H,10H2,1H3. The van der Waals surface area contributed by atoms with Gasteiger partial charge in [0.1, 0.15) is 0 Å². The molecule has 1 heterocycles. The molecular weight excluding hydrogens is 355 g/mol. The highest BCUT2D eigenvalue weighted by Crippen LogP contribution is 2.37. The summed E-state index contributed by atoms with van der Waals surface area (Å²) in [5, 5.41) is 3.89. The van der Waals surface area contributed by atoms with E-state index in [2.05, 4.69) is 47.4 Å². The van der Waals surface area contributed by atoms with Gasteiger partial charge in [-0.15, -0.1) is 0 Å². The van der Waals surface area contributed by atoms with Crippen molar-refractivity contribution in [3.05, 3.63) is 71.4 Å². The molecule has 0 aliphatic rings. The predicted molar refractivity (Wildman–Crippen MR) is 93.0 cm³/mol. The zero-order valence-corrected chi connectivity index (χ0v) is 14.5. The Morgan fingerprint density at radius 1 is 1.00 bits per heavy atom. The summed E-state index contributed by atoms with van der Waals surface area (Å²) in [6, 6.07) is 16.4. The van der Waals surface area contributed by atoms with Gasteiger partial charge in [-0.2, -0.15) is 4.98 Å². The van der Waals surface area contributed by atoms with Gasteiger partial charge in [0, 0.05) is 6.42 Å². The first-order valence-corrected chi connectivity index (χ1v) is 8.11. The van der Waals surface area contributed by atoms with Crippen LogP contribution in [0.15, 0.2) is 53.1 Å². The van der Waals surface area contributed by atoms with Crippen LogP contribution >= 0.6 is 34.8 Å². The maximum Gasteiger partial charge on any atom is 0.278 e. The molecule has 1 aromatic heterocycles. The lowest BCUT2D eigenvalue weighted by Crippen LogP contribution is -2.01. The molecule has 0 fully saturated rings. The number of benzene rings is 2. The molecule has 0 spiro atoms. The Morgan fingerprint density at radius 2 is 1.70 bits per heavy atom. The van der Waals surface area contributed by atoms with Crippen molar-refractivity contribution in [3.63, 3.8) is 0 Å². The van der Waals surface area contributed by atoms with Crippen molar-refractivity contribution in [2.24, 2.45) is 0 Å². The number of aromatic nitrogens is 2. The Balaban J connectivity index is 1.92. The van der Waals surface area contributed by atoms with Gasteiger partial charge in [0.2, 0.25) is 0 Å². The molecule has 0 amide bonds. The van der Waals surface area contributed by atoms with E-state index in [0.29, 0.717) is 12.2 Å². The fourth-order valence-electron chi connectivity index (χ4n) is 2.30. The third kappa shape index (κ3) is 3.86. The van der Waals surface area contributed by atoms with Crippen LogP contribution < -0.4 is 0 Å². The summed E-state index contributed by atoms with van der Waals surface area (Å²) in [7, 11) is 0. The molecule has 0 radical (unpaired) electrons. The fourth-order valence-corrected chi connectivity index (χ4v) is 2.53. The van der Waals surface area contributed by atoms with Crippen LogP contribution in [-0.4, -0.2) is 10.1 Å². The number of aryl methyl sites for hydroxylation is 1. The Labute approximate surface area is 149 Å². The van der Waals surface area contributed by atoms with Gasteiger partial charge in [0.25, 0.3) is 9.68 Å². The number of hydrogen-bond acceptors (Lipinski definition) is 3. The van der Waals surface area contributed by atoms with Crippen LogP contribution in [0, 0.1) is 6.92 Å². The van der Waals surface area contributed by atoms with Gasteiger partial charge >= 0.3 is 0 Å². The van der Waals surface area contributed by atoms with E-state index in [1.165, 1.54) is 5.56 Å². The summed E-state index contributed by atoms with van der Waals surface area (Å²) in [6.07, 6.45) is 0.494. The van der Waals surface area contributed by atoms with Gasteiger partial charge < -0.3 is 4.52 Å². The van der Waals surface area contributed by atoms with E-state index in [4.69, 9.17) is 39.3 Å². The molecule has 0 saturated carbocycles. The zero-order valence-electron chi connectivity index (χ0n) is 12.3. The molecule has 6 heteroatoms. The first-order valence-electron chi connectivity index (χ1n) is 6.98. The summed E-state index contributed by atoms with van der Waals surface area (Å²) >= 11 is 17.3. The first kappa shape index (κ1) is 16.3. The van der Waals surface area contributed by atoms with E-state index in [0.717, 1.165) is 16.7 Å². The zero-order chi connectivity index (χ0) is 16.4. The summed E-state index contributed by atoms with van der Waals surface area (Å²) in [4.78, 5) is 4.15. The average Bonchev–Trinajstić information content (AvgIpc) is 2.98. The van der Waals surface area contributed by atoms with Crippen molar-refractivity contribution in [1.82, 2.24) is 10.1 Å². The Morgan fingerprint density at radius 3 is 2.35 bits per heavy atom. The fraction of sp³-hybridized carbons (Fsp3) is 0.176. The van der Waals surface area contributed by atoms with E-state index in [-0.39, 0.29) is 5.89 Å². The van der Waals surface area contributed by atoms with E-state index < -0.39 is 3.79 Å². The van der Waals surface area contributed by atoms with Crippen molar-refractivity contribution in [1.29, 1.82) is 0 Å². The van der Waals surface area contributed by atoms with Crippen LogP contribution in [0.4, 0.5) is 0 Å². The molecule has 118 valence electrons. The Bertz CT molecular complexity index is 807. The predicted octanol–water partition coefficient (Wildman–Crippen LogP) is 5.46. The molecular formula is C17H13Cl3N2O. The van der Waals surface area contributed by atoms with Gasteiger partial charge in [0.05, 0.1) is 0 Å². The van der Waals surface area contributed by atoms with E-state index >= 15 is 0 Å². The SMILES string of the molecule is Cc1ccc(-c2ccccc2Cc2noc(C(Cl)(Cl)Cl)n2)cc1. The lowest BCUT2D eigenvalue weighted by atomic mass is 9.97. The molecule has 0 atom stereocenters. The second-order valence-electron chi connectivity index (χ2n) is 5.21. The summed E-state index contributed by atoms with van der Waals surface area (Å²) in [6.45, 7) is 2.06. The average molecular weight is 368 g/mol. The molecule has 3 aromatic rings. The van der Waals surface area contributed by atoms with Crippen molar-refractivity contribution < 1.29 is 4.52 Å². The van der Waals surface area contributed by atoms with E-state index in [9.17, 15) is 0 Å². The maximum atomic E-state index is 5.75. The quantitative estimate of drug-likeness (QED) is 0.577. The number of nitrogens with zero attached hydrogens (tertiary/aromatic N) is 2. The van der Waals surface area contributed by atoms with Gasteiger partial charge in [0.15, 0.2) is 5.82 Å². The summed E-state index contributed by atoms with van der Waals surface area (Å²) in [5.74, 6) is 0.455. The molecule has 0 unspecified atom stereocenters. The minimum absolute atomic E-state index is 0.0229. The van der Waals surface area contributed by atoms with Crippen LogP contribution in [0.3, 0.4) is 0 Å². The minimum Gasteiger partial charge on any atom is -0.335 e. The number of halogens is 3. The lowest BCUT2D eigenvalue weighted by Gasteiger charge is -2.08. The molecule has 0 N–H and O–H groups in total. The van der Waals surface area contributed by atoms with Crippen LogP contribution in [-0.2, 0) is 10.2 Å². The largest absolute Gasteiger partial charge is 0.335 e. The molecule has 0 saturated heterocycles. The van der Waals surface area contributed by atoms with Gasteiger partial charge in [-0.05, 0) is 23.6 Å². The molecule has 0 aliphatic heterocycles. The second kappa shape index (κ2) is 6.52. The summed E-state index contributed by atoms with van der Waals surface area (Å²) < 4.78 is 3.30. The molecule has 3 rings (SSSR count). The molecule has 0 aliphatic carbocycles. The van der Waals surface area contributed by atoms with Crippen LogP contribution in [0.1, 0.15) is 22.8 Å². The lowest BCUT2D eigenvalue weighted by molar-refractivity contribution is 0.378. The van der Waals surface area contributed by atoms with E-state index in [1.807, 2.05) is 18.2 Å². The van der Waals surface area contributed by atoms with Crippen molar-refractivity contribution in [2.75, 3.05) is 0 Å². The van der Waals surface area contributed by atoms with Crippen LogP contribution in [0.25, 0.3) is 11.1 Å². The smallest absolute Gasteiger partial charge is 0.278 e.